The number of fused-ring (bicyclic) bond motifs is 1. The molecule has 4 rings (SSSR count). The first-order valence-corrected chi connectivity index (χ1v) is 10.4. The zero-order chi connectivity index (χ0) is 22.8. The number of aryl methyl sites for hydroxylation is 4. The van der Waals surface area contributed by atoms with Crippen LogP contribution in [-0.2, 0) is 24.8 Å². The summed E-state index contributed by atoms with van der Waals surface area (Å²) in [5.74, 6) is -0.524. The first kappa shape index (κ1) is 21.4. The van der Waals surface area contributed by atoms with Crippen LogP contribution >= 0.6 is 0 Å². The van der Waals surface area contributed by atoms with Gasteiger partial charge in [0.15, 0.2) is 5.65 Å². The number of aromatic nitrogens is 4. The Morgan fingerprint density at radius 2 is 1.75 bits per heavy atom. The standard InChI is InChI=1S/C24H24FN5O2/c1-15-4-10-19(11-5-15)30-23-22(16(2)28-30)27-20(24(32)29(23)3)12-13-21(31)26-14-17-6-8-18(25)9-7-17/h4-11H,12-14H2,1-3H3,(H,26,31). The predicted molar refractivity (Wildman–Crippen MR) is 120 cm³/mol. The minimum Gasteiger partial charge on any atom is -0.352 e. The van der Waals surface area contributed by atoms with Crippen molar-refractivity contribution in [1.29, 1.82) is 0 Å². The lowest BCUT2D eigenvalue weighted by atomic mass is 10.2. The third kappa shape index (κ3) is 4.30. The lowest BCUT2D eigenvalue weighted by Gasteiger charge is -2.09. The molecule has 8 heteroatoms. The maximum absolute atomic E-state index is 13.0. The van der Waals surface area contributed by atoms with Gasteiger partial charge < -0.3 is 5.32 Å². The molecule has 2 aromatic heterocycles. The lowest BCUT2D eigenvalue weighted by molar-refractivity contribution is -0.121. The Morgan fingerprint density at radius 1 is 1.06 bits per heavy atom. The Morgan fingerprint density at radius 3 is 2.44 bits per heavy atom. The van der Waals surface area contributed by atoms with Gasteiger partial charge in [0.25, 0.3) is 5.56 Å². The summed E-state index contributed by atoms with van der Waals surface area (Å²) in [6.07, 6.45) is 0.340. The summed E-state index contributed by atoms with van der Waals surface area (Å²) in [5.41, 5.74) is 4.80. The molecule has 0 bridgehead atoms. The van der Waals surface area contributed by atoms with Gasteiger partial charge in [-0.3, -0.25) is 14.2 Å². The van der Waals surface area contributed by atoms with Crippen molar-refractivity contribution in [2.45, 2.75) is 33.2 Å². The summed E-state index contributed by atoms with van der Waals surface area (Å²) in [4.78, 5) is 29.8. The van der Waals surface area contributed by atoms with E-state index in [0.29, 0.717) is 29.1 Å². The molecule has 0 atom stereocenters. The molecule has 1 amide bonds. The smallest absolute Gasteiger partial charge is 0.273 e. The molecule has 0 aliphatic carbocycles. The molecule has 0 radical (unpaired) electrons. The molecule has 7 nitrogen and oxygen atoms in total. The average Bonchev–Trinajstić information content (AvgIpc) is 3.11. The molecule has 2 heterocycles. The third-order valence-corrected chi connectivity index (χ3v) is 5.39. The number of hydrogen-bond donors (Lipinski definition) is 1. The highest BCUT2D eigenvalue weighted by molar-refractivity contribution is 5.77. The fraction of sp³-hybridized carbons (Fsp3) is 0.250. The van der Waals surface area contributed by atoms with Gasteiger partial charge in [-0.15, -0.1) is 0 Å². The summed E-state index contributed by atoms with van der Waals surface area (Å²) >= 11 is 0. The van der Waals surface area contributed by atoms with Crippen molar-refractivity contribution in [3.8, 4) is 5.69 Å². The van der Waals surface area contributed by atoms with E-state index in [4.69, 9.17) is 0 Å². The van der Waals surface area contributed by atoms with Crippen molar-refractivity contribution >= 4 is 17.1 Å². The van der Waals surface area contributed by atoms with Crippen LogP contribution in [0.1, 0.15) is 28.9 Å². The predicted octanol–water partition coefficient (Wildman–Crippen LogP) is 3.12. The van der Waals surface area contributed by atoms with Gasteiger partial charge >= 0.3 is 0 Å². The normalized spacial score (nSPS) is 11.1. The van der Waals surface area contributed by atoms with E-state index in [1.54, 1.807) is 23.9 Å². The highest BCUT2D eigenvalue weighted by Crippen LogP contribution is 2.19. The minimum atomic E-state index is -0.321. The van der Waals surface area contributed by atoms with Crippen molar-refractivity contribution in [3.05, 3.63) is 87.2 Å². The second-order valence-corrected chi connectivity index (χ2v) is 7.83. The Hall–Kier alpha value is -3.81. The van der Waals surface area contributed by atoms with Gasteiger partial charge in [-0.1, -0.05) is 29.8 Å². The molecule has 0 unspecified atom stereocenters. The van der Waals surface area contributed by atoms with Crippen LogP contribution in [0.15, 0.2) is 53.3 Å². The second-order valence-electron chi connectivity index (χ2n) is 7.83. The van der Waals surface area contributed by atoms with E-state index in [2.05, 4.69) is 15.4 Å². The number of nitrogens with one attached hydrogen (secondary N) is 1. The van der Waals surface area contributed by atoms with E-state index < -0.39 is 0 Å². The van der Waals surface area contributed by atoms with Crippen LogP contribution in [-0.4, -0.2) is 25.2 Å². The third-order valence-electron chi connectivity index (χ3n) is 5.39. The Bertz CT molecular complexity index is 1340. The van der Waals surface area contributed by atoms with Crippen molar-refractivity contribution in [2.75, 3.05) is 0 Å². The molecule has 1 N–H and O–H groups in total. The van der Waals surface area contributed by atoms with Gasteiger partial charge in [0.05, 0.1) is 11.4 Å². The SMILES string of the molecule is Cc1ccc(-n2nc(C)c3nc(CCC(=O)NCc4ccc(F)cc4)c(=O)n(C)c32)cc1. The highest BCUT2D eigenvalue weighted by atomic mass is 19.1. The molecule has 0 aliphatic rings. The number of carbonyl (C=O) groups is 1. The molecule has 164 valence electrons. The molecule has 2 aromatic carbocycles. The summed E-state index contributed by atoms with van der Waals surface area (Å²) in [6.45, 7) is 4.16. The van der Waals surface area contributed by atoms with Crippen molar-refractivity contribution in [2.24, 2.45) is 7.05 Å². The molecule has 0 fully saturated rings. The number of nitrogens with zero attached hydrogens (tertiary/aromatic N) is 4. The average molecular weight is 433 g/mol. The quantitative estimate of drug-likeness (QED) is 0.507. The van der Waals surface area contributed by atoms with Crippen LogP contribution in [0.5, 0.6) is 0 Å². The first-order chi connectivity index (χ1) is 15.3. The van der Waals surface area contributed by atoms with Gasteiger partial charge in [-0.25, -0.2) is 14.1 Å². The van der Waals surface area contributed by atoms with E-state index in [1.807, 2.05) is 38.1 Å². The molecule has 0 saturated carbocycles. The van der Waals surface area contributed by atoms with Gasteiger partial charge in [-0.2, -0.15) is 5.10 Å². The van der Waals surface area contributed by atoms with E-state index in [-0.39, 0.29) is 30.1 Å². The molecule has 0 saturated heterocycles. The maximum Gasteiger partial charge on any atom is 0.273 e. The van der Waals surface area contributed by atoms with Crippen molar-refractivity contribution < 1.29 is 9.18 Å². The zero-order valence-corrected chi connectivity index (χ0v) is 18.2. The molecule has 0 spiro atoms. The molecule has 4 aromatic rings. The van der Waals surface area contributed by atoms with Gasteiger partial charge in [-0.05, 0) is 43.7 Å². The van der Waals surface area contributed by atoms with Crippen LogP contribution in [0.4, 0.5) is 4.39 Å². The zero-order valence-electron chi connectivity index (χ0n) is 18.2. The number of benzene rings is 2. The Kier molecular flexibility index (Phi) is 5.85. The summed E-state index contributed by atoms with van der Waals surface area (Å²) in [5, 5.41) is 7.37. The van der Waals surface area contributed by atoms with Gasteiger partial charge in [0, 0.05) is 26.4 Å². The number of rotatable bonds is 6. The van der Waals surface area contributed by atoms with Crippen LogP contribution in [0.2, 0.25) is 0 Å². The number of amides is 1. The highest BCUT2D eigenvalue weighted by Gasteiger charge is 2.18. The second kappa shape index (κ2) is 8.74. The molecule has 0 aliphatic heterocycles. The molecular formula is C24H24FN5O2. The van der Waals surface area contributed by atoms with Crippen molar-refractivity contribution in [1.82, 2.24) is 24.6 Å². The number of halogens is 1. The lowest BCUT2D eigenvalue weighted by Crippen LogP contribution is -2.27. The number of hydrogen-bond acceptors (Lipinski definition) is 4. The Balaban J connectivity index is 1.53. The number of carbonyl (C=O) groups excluding carboxylic acids is 1. The van der Waals surface area contributed by atoms with E-state index in [1.165, 1.54) is 16.7 Å². The minimum absolute atomic E-state index is 0.125. The van der Waals surface area contributed by atoms with Crippen LogP contribution in [0, 0.1) is 19.7 Å². The summed E-state index contributed by atoms with van der Waals surface area (Å²) in [7, 11) is 1.69. The van der Waals surface area contributed by atoms with E-state index >= 15 is 0 Å². The fourth-order valence-electron chi connectivity index (χ4n) is 3.56. The van der Waals surface area contributed by atoms with Crippen LogP contribution < -0.4 is 10.9 Å². The van der Waals surface area contributed by atoms with Gasteiger partial charge in [0.1, 0.15) is 17.0 Å². The van der Waals surface area contributed by atoms with Gasteiger partial charge in [0.2, 0.25) is 5.91 Å². The largest absolute Gasteiger partial charge is 0.352 e. The van der Waals surface area contributed by atoms with Crippen molar-refractivity contribution in [3.63, 3.8) is 0 Å². The Labute approximate surface area is 184 Å². The van der Waals surface area contributed by atoms with Crippen LogP contribution in [0.3, 0.4) is 0 Å². The molecule has 32 heavy (non-hydrogen) atoms. The topological polar surface area (TPSA) is 81.8 Å². The summed E-state index contributed by atoms with van der Waals surface area (Å²) < 4.78 is 16.2. The summed E-state index contributed by atoms with van der Waals surface area (Å²) in [6, 6.07) is 13.8. The first-order valence-electron chi connectivity index (χ1n) is 10.4. The maximum atomic E-state index is 13.0. The van der Waals surface area contributed by atoms with Crippen LogP contribution in [0.25, 0.3) is 16.9 Å². The fourth-order valence-corrected chi connectivity index (χ4v) is 3.56. The van der Waals surface area contributed by atoms with E-state index in [0.717, 1.165) is 16.8 Å². The van der Waals surface area contributed by atoms with E-state index in [9.17, 15) is 14.0 Å². The monoisotopic (exact) mass is 433 g/mol. The molecular weight excluding hydrogens is 409 g/mol.